The molecule has 0 N–H and O–H groups in total. The maximum atomic E-state index is 8.67. The highest BCUT2D eigenvalue weighted by atomic mass is 127. The highest BCUT2D eigenvalue weighted by Gasteiger charge is 2.08. The van der Waals surface area contributed by atoms with Crippen molar-refractivity contribution in [1.29, 1.82) is 5.26 Å². The molecule has 0 aliphatic carbocycles. The van der Waals surface area contributed by atoms with Crippen LogP contribution in [0.25, 0.3) is 10.1 Å². The van der Waals surface area contributed by atoms with Gasteiger partial charge in [0.15, 0.2) is 0 Å². The second-order valence-electron chi connectivity index (χ2n) is 2.86. The minimum absolute atomic E-state index is 0.470. The van der Waals surface area contributed by atoms with E-state index in [1.807, 2.05) is 17.5 Å². The number of hydrogen-bond donors (Lipinski definition) is 0. The molecule has 0 atom stereocenters. The largest absolute Gasteiger partial charge is 0.198 e. The molecule has 0 aliphatic heterocycles. The van der Waals surface area contributed by atoms with E-state index in [2.05, 4.69) is 28.7 Å². The van der Waals surface area contributed by atoms with Gasteiger partial charge in [-0.05, 0) is 45.7 Å². The zero-order valence-electron chi connectivity index (χ0n) is 7.05. The van der Waals surface area contributed by atoms with Crippen molar-refractivity contribution >= 4 is 55.6 Å². The molecule has 0 bridgehead atoms. The summed E-state index contributed by atoms with van der Waals surface area (Å²) in [7, 11) is 0. The molecule has 1 aromatic heterocycles. The summed E-state index contributed by atoms with van der Waals surface area (Å²) in [5.41, 5.74) is 1.11. The third-order valence-electron chi connectivity index (χ3n) is 1.94. The maximum absolute atomic E-state index is 8.67. The second-order valence-corrected chi connectivity index (χ2v) is 5.37. The van der Waals surface area contributed by atoms with Crippen LogP contribution in [-0.4, -0.2) is 0 Å². The molecule has 1 nitrogen and oxygen atoms in total. The van der Waals surface area contributed by atoms with Crippen LogP contribution in [0.15, 0.2) is 17.5 Å². The summed E-state index contributed by atoms with van der Waals surface area (Å²) in [6.07, 6.45) is 0.470. The van der Waals surface area contributed by atoms with E-state index in [1.165, 1.54) is 5.39 Å². The van der Waals surface area contributed by atoms with Crippen LogP contribution in [0.4, 0.5) is 0 Å². The highest BCUT2D eigenvalue weighted by Crippen LogP contribution is 2.33. The van der Waals surface area contributed by atoms with Gasteiger partial charge >= 0.3 is 0 Å². The number of fused-ring (bicyclic) bond motifs is 1. The number of benzene rings is 1. The number of nitriles is 1. The second kappa shape index (κ2) is 4.05. The molecular weight excluding hydrogens is 329 g/mol. The Bertz CT molecular complexity index is 527. The van der Waals surface area contributed by atoms with Gasteiger partial charge in [0.05, 0.1) is 12.5 Å². The predicted molar refractivity (Wildman–Crippen MR) is 68.9 cm³/mol. The van der Waals surface area contributed by atoms with E-state index in [-0.39, 0.29) is 0 Å². The fourth-order valence-electron chi connectivity index (χ4n) is 1.36. The smallest absolute Gasteiger partial charge is 0.0670 e. The van der Waals surface area contributed by atoms with Crippen LogP contribution in [0, 0.1) is 14.9 Å². The topological polar surface area (TPSA) is 23.8 Å². The first-order valence-corrected chi connectivity index (χ1v) is 6.28. The number of hydrogen-bond acceptors (Lipinski definition) is 2. The summed E-state index contributed by atoms with van der Waals surface area (Å²) in [5.74, 6) is 0. The Hall–Kier alpha value is -0.310. The van der Waals surface area contributed by atoms with Crippen molar-refractivity contribution in [2.24, 2.45) is 0 Å². The standard InChI is InChI=1S/C10H5ClINS/c11-7-3-8(12)10-6(1-2-13)5-14-9(10)4-7/h3-5H,1H2. The molecule has 70 valence electrons. The molecular formula is C10H5ClINS. The molecule has 0 unspecified atom stereocenters. The summed E-state index contributed by atoms with van der Waals surface area (Å²) in [6, 6.07) is 6.05. The lowest BCUT2D eigenvalue weighted by molar-refractivity contribution is 1.30. The molecule has 0 amide bonds. The van der Waals surface area contributed by atoms with Crippen LogP contribution in [0.2, 0.25) is 5.02 Å². The fourth-order valence-corrected chi connectivity index (χ4v) is 4.01. The van der Waals surface area contributed by atoms with E-state index in [0.29, 0.717) is 6.42 Å². The lowest BCUT2D eigenvalue weighted by Crippen LogP contribution is -1.81. The lowest BCUT2D eigenvalue weighted by atomic mass is 10.1. The number of halogens is 2. The molecule has 1 aromatic carbocycles. The van der Waals surface area contributed by atoms with Gasteiger partial charge in [-0.15, -0.1) is 11.3 Å². The normalized spacial score (nSPS) is 10.4. The summed E-state index contributed by atoms with van der Waals surface area (Å²) < 4.78 is 2.28. The van der Waals surface area contributed by atoms with Gasteiger partial charge in [-0.2, -0.15) is 5.26 Å². The zero-order chi connectivity index (χ0) is 10.1. The van der Waals surface area contributed by atoms with Gasteiger partial charge in [0.25, 0.3) is 0 Å². The van der Waals surface area contributed by atoms with Crippen LogP contribution >= 0.6 is 45.5 Å². The van der Waals surface area contributed by atoms with E-state index >= 15 is 0 Å². The van der Waals surface area contributed by atoms with Crippen LogP contribution < -0.4 is 0 Å². The van der Waals surface area contributed by atoms with Gasteiger partial charge in [0.2, 0.25) is 0 Å². The average Bonchev–Trinajstić information content (AvgIpc) is 2.49. The van der Waals surface area contributed by atoms with Crippen LogP contribution in [-0.2, 0) is 6.42 Å². The number of nitrogens with zero attached hydrogens (tertiary/aromatic N) is 1. The number of thiophene rings is 1. The molecule has 0 fully saturated rings. The summed E-state index contributed by atoms with van der Waals surface area (Å²) in [5, 5.41) is 12.6. The first-order chi connectivity index (χ1) is 6.72. The van der Waals surface area contributed by atoms with Crippen molar-refractivity contribution in [2.75, 3.05) is 0 Å². The average molecular weight is 334 g/mol. The van der Waals surface area contributed by atoms with Gasteiger partial charge in [0.1, 0.15) is 0 Å². The molecule has 0 saturated carbocycles. The Morgan fingerprint density at radius 3 is 3.00 bits per heavy atom. The Labute approximate surface area is 104 Å². The zero-order valence-corrected chi connectivity index (χ0v) is 10.8. The molecule has 0 aliphatic rings. The number of rotatable bonds is 1. The first kappa shape index (κ1) is 10.2. The van der Waals surface area contributed by atoms with E-state index in [0.717, 1.165) is 18.9 Å². The molecule has 2 aromatic rings. The molecule has 14 heavy (non-hydrogen) atoms. The molecule has 2 rings (SSSR count). The van der Waals surface area contributed by atoms with E-state index < -0.39 is 0 Å². The molecule has 1 heterocycles. The maximum Gasteiger partial charge on any atom is 0.0670 e. The van der Waals surface area contributed by atoms with Crippen LogP contribution in [0.5, 0.6) is 0 Å². The minimum Gasteiger partial charge on any atom is -0.198 e. The lowest BCUT2D eigenvalue weighted by Gasteiger charge is -1.98. The van der Waals surface area contributed by atoms with Crippen molar-refractivity contribution in [2.45, 2.75) is 6.42 Å². The predicted octanol–water partition coefficient (Wildman–Crippen LogP) is 4.23. The summed E-state index contributed by atoms with van der Waals surface area (Å²) in [6.45, 7) is 0. The Morgan fingerprint density at radius 2 is 2.29 bits per heavy atom. The van der Waals surface area contributed by atoms with Crippen molar-refractivity contribution in [3.63, 3.8) is 0 Å². The Balaban J connectivity index is 2.74. The fraction of sp³-hybridized carbons (Fsp3) is 0.100. The van der Waals surface area contributed by atoms with Crippen LogP contribution in [0.1, 0.15) is 5.56 Å². The first-order valence-electron chi connectivity index (χ1n) is 3.94. The minimum atomic E-state index is 0.470. The summed E-state index contributed by atoms with van der Waals surface area (Å²) in [4.78, 5) is 0. The van der Waals surface area contributed by atoms with Gasteiger partial charge < -0.3 is 0 Å². The Kier molecular flexibility index (Phi) is 2.96. The van der Waals surface area contributed by atoms with E-state index in [4.69, 9.17) is 16.9 Å². The molecule has 0 spiro atoms. The van der Waals surface area contributed by atoms with E-state index in [1.54, 1.807) is 11.3 Å². The van der Waals surface area contributed by atoms with Gasteiger partial charge in [0, 0.05) is 18.7 Å². The third kappa shape index (κ3) is 1.74. The molecule has 0 saturated heterocycles. The van der Waals surface area contributed by atoms with Gasteiger partial charge in [-0.25, -0.2) is 0 Å². The van der Waals surface area contributed by atoms with E-state index in [9.17, 15) is 0 Å². The van der Waals surface area contributed by atoms with Gasteiger partial charge in [-0.3, -0.25) is 0 Å². The van der Waals surface area contributed by atoms with Crippen LogP contribution in [0.3, 0.4) is 0 Å². The van der Waals surface area contributed by atoms with Gasteiger partial charge in [-0.1, -0.05) is 11.6 Å². The summed E-state index contributed by atoms with van der Waals surface area (Å²) >= 11 is 9.85. The molecule has 4 heteroatoms. The SMILES string of the molecule is N#CCc1csc2cc(Cl)cc(I)c12. The van der Waals surface area contributed by atoms with Crippen molar-refractivity contribution < 1.29 is 0 Å². The highest BCUT2D eigenvalue weighted by molar-refractivity contribution is 14.1. The molecule has 0 radical (unpaired) electrons. The van der Waals surface area contributed by atoms with Crippen molar-refractivity contribution in [3.8, 4) is 6.07 Å². The van der Waals surface area contributed by atoms with Crippen molar-refractivity contribution in [3.05, 3.63) is 31.7 Å². The monoisotopic (exact) mass is 333 g/mol. The third-order valence-corrected chi connectivity index (χ3v) is 3.98. The Morgan fingerprint density at radius 1 is 1.50 bits per heavy atom. The quantitative estimate of drug-likeness (QED) is 0.717. The van der Waals surface area contributed by atoms with Crippen molar-refractivity contribution in [1.82, 2.24) is 0 Å².